The average molecular weight is 340 g/mol. The van der Waals surface area contributed by atoms with Crippen LogP contribution in [0.4, 0.5) is 0 Å². The molecule has 0 aromatic heterocycles. The van der Waals surface area contributed by atoms with Crippen molar-refractivity contribution in [3.63, 3.8) is 0 Å². The highest BCUT2D eigenvalue weighted by Gasteiger charge is 2.29. The molecular formula is C15H20N2O5S. The number of carboxylic acid groups (broad SMARTS) is 1. The summed E-state index contributed by atoms with van der Waals surface area (Å²) in [6.07, 6.45) is 2.30. The predicted molar refractivity (Wildman–Crippen MR) is 84.9 cm³/mol. The molecule has 23 heavy (non-hydrogen) atoms. The summed E-state index contributed by atoms with van der Waals surface area (Å²) in [5, 5.41) is 8.99. The van der Waals surface area contributed by atoms with Crippen LogP contribution in [0.3, 0.4) is 0 Å². The normalized spacial score (nSPS) is 16.6. The van der Waals surface area contributed by atoms with E-state index in [9.17, 15) is 18.0 Å². The predicted octanol–water partition coefficient (Wildman–Crippen LogP) is 0.881. The van der Waals surface area contributed by atoms with Crippen molar-refractivity contribution >= 4 is 21.9 Å². The molecule has 0 saturated carbocycles. The van der Waals surface area contributed by atoms with Crippen molar-refractivity contribution < 1.29 is 23.1 Å². The molecule has 0 aliphatic carbocycles. The van der Waals surface area contributed by atoms with Gasteiger partial charge in [-0.15, -0.1) is 0 Å². The topological polar surface area (TPSA) is 95.0 Å². The number of amides is 1. The van der Waals surface area contributed by atoms with Crippen LogP contribution in [0.15, 0.2) is 24.3 Å². The highest BCUT2D eigenvalue weighted by atomic mass is 32.2. The Hall–Kier alpha value is -1.93. The van der Waals surface area contributed by atoms with Gasteiger partial charge in [0.15, 0.2) is 0 Å². The number of likely N-dealkylation sites (tertiary alicyclic amines) is 1. The van der Waals surface area contributed by atoms with E-state index < -0.39 is 16.0 Å². The van der Waals surface area contributed by atoms with Gasteiger partial charge in [-0.05, 0) is 31.0 Å². The molecule has 2 rings (SSSR count). The van der Waals surface area contributed by atoms with Crippen molar-refractivity contribution in [3.8, 4) is 0 Å². The number of carboxylic acids is 1. The minimum Gasteiger partial charge on any atom is -0.478 e. The molecule has 1 fully saturated rings. The van der Waals surface area contributed by atoms with E-state index in [1.807, 2.05) is 0 Å². The lowest BCUT2D eigenvalue weighted by atomic mass is 10.0. The van der Waals surface area contributed by atoms with E-state index in [0.717, 1.165) is 0 Å². The summed E-state index contributed by atoms with van der Waals surface area (Å²) in [6.45, 7) is 0.890. The van der Waals surface area contributed by atoms with Crippen LogP contribution < -0.4 is 0 Å². The Morgan fingerprint density at radius 2 is 1.78 bits per heavy atom. The Morgan fingerprint density at radius 1 is 1.22 bits per heavy atom. The molecule has 8 heteroatoms. The lowest BCUT2D eigenvalue weighted by molar-refractivity contribution is 0.0686. The number of aromatic carboxylic acids is 1. The molecule has 1 amide bonds. The molecule has 1 aromatic rings. The second-order valence-electron chi connectivity index (χ2n) is 5.69. The molecule has 1 heterocycles. The zero-order valence-corrected chi connectivity index (χ0v) is 13.9. The van der Waals surface area contributed by atoms with Crippen LogP contribution >= 0.6 is 0 Å². The first-order valence-corrected chi connectivity index (χ1v) is 9.10. The van der Waals surface area contributed by atoms with Crippen LogP contribution in [0.2, 0.25) is 0 Å². The van der Waals surface area contributed by atoms with Crippen LogP contribution in [0.5, 0.6) is 0 Å². The minimum atomic E-state index is -3.24. The molecular weight excluding hydrogens is 320 g/mol. The van der Waals surface area contributed by atoms with Crippen molar-refractivity contribution in [2.75, 3.05) is 26.4 Å². The van der Waals surface area contributed by atoms with E-state index in [0.29, 0.717) is 31.5 Å². The first-order valence-electron chi connectivity index (χ1n) is 7.26. The Kier molecular flexibility index (Phi) is 5.06. The zero-order valence-electron chi connectivity index (χ0n) is 13.1. The average Bonchev–Trinajstić information content (AvgIpc) is 2.53. The second kappa shape index (κ2) is 6.67. The van der Waals surface area contributed by atoms with Gasteiger partial charge in [0.1, 0.15) is 0 Å². The molecule has 1 aliphatic rings. The first-order chi connectivity index (χ1) is 10.7. The molecule has 0 spiro atoms. The van der Waals surface area contributed by atoms with E-state index in [4.69, 9.17) is 5.11 Å². The fourth-order valence-corrected chi connectivity index (χ4v) is 3.42. The van der Waals surface area contributed by atoms with Crippen molar-refractivity contribution in [1.82, 2.24) is 9.21 Å². The van der Waals surface area contributed by atoms with Gasteiger partial charge in [-0.2, -0.15) is 0 Å². The Balaban J connectivity index is 2.04. The number of sulfonamides is 1. The Morgan fingerprint density at radius 3 is 2.30 bits per heavy atom. The van der Waals surface area contributed by atoms with E-state index in [1.165, 1.54) is 22.7 Å². The monoisotopic (exact) mass is 340 g/mol. The standard InChI is InChI=1S/C15H20N2O5S/c1-16(23(2,21)22)13-6-8-17(9-7-13)14(18)11-4-3-5-12(10-11)15(19)20/h3-5,10,13H,6-9H2,1-2H3,(H,19,20). The lowest BCUT2D eigenvalue weighted by Crippen LogP contribution is -2.47. The summed E-state index contributed by atoms with van der Waals surface area (Å²) in [5.41, 5.74) is 0.405. The van der Waals surface area contributed by atoms with Gasteiger partial charge >= 0.3 is 5.97 Å². The Labute approximate surface area is 135 Å². The van der Waals surface area contributed by atoms with E-state index in [-0.39, 0.29) is 17.5 Å². The number of rotatable bonds is 4. The van der Waals surface area contributed by atoms with E-state index in [1.54, 1.807) is 24.1 Å². The zero-order chi connectivity index (χ0) is 17.2. The largest absolute Gasteiger partial charge is 0.478 e. The maximum atomic E-state index is 12.4. The smallest absolute Gasteiger partial charge is 0.335 e. The number of hydrogen-bond acceptors (Lipinski definition) is 4. The van der Waals surface area contributed by atoms with Gasteiger partial charge in [0.2, 0.25) is 10.0 Å². The quantitative estimate of drug-likeness (QED) is 0.878. The van der Waals surface area contributed by atoms with Crippen molar-refractivity contribution in [2.24, 2.45) is 0 Å². The third-order valence-electron chi connectivity index (χ3n) is 4.15. The van der Waals surface area contributed by atoms with Gasteiger partial charge in [0.25, 0.3) is 5.91 Å². The number of hydrogen-bond donors (Lipinski definition) is 1. The summed E-state index contributed by atoms with van der Waals surface area (Å²) >= 11 is 0. The van der Waals surface area contributed by atoms with Crippen molar-refractivity contribution in [2.45, 2.75) is 18.9 Å². The second-order valence-corrected chi connectivity index (χ2v) is 7.73. The van der Waals surface area contributed by atoms with Gasteiger partial charge in [0, 0.05) is 31.7 Å². The minimum absolute atomic E-state index is 0.0718. The Bertz CT molecular complexity index is 708. The first kappa shape index (κ1) is 17.4. The van der Waals surface area contributed by atoms with Crippen LogP contribution in [-0.2, 0) is 10.0 Å². The SMILES string of the molecule is CN(C1CCN(C(=O)c2cccc(C(=O)O)c2)CC1)S(C)(=O)=O. The van der Waals surface area contributed by atoms with Crippen LogP contribution in [0.1, 0.15) is 33.6 Å². The number of piperidine rings is 1. The lowest BCUT2D eigenvalue weighted by Gasteiger charge is -2.35. The summed E-state index contributed by atoms with van der Waals surface area (Å²) in [5.74, 6) is -1.30. The van der Waals surface area contributed by atoms with Crippen molar-refractivity contribution in [1.29, 1.82) is 0 Å². The molecule has 1 aliphatic heterocycles. The third-order valence-corrected chi connectivity index (χ3v) is 5.49. The maximum Gasteiger partial charge on any atom is 0.335 e. The number of benzene rings is 1. The number of nitrogens with zero attached hydrogens (tertiary/aromatic N) is 2. The maximum absolute atomic E-state index is 12.4. The van der Waals surface area contributed by atoms with E-state index in [2.05, 4.69) is 0 Å². The van der Waals surface area contributed by atoms with Gasteiger partial charge in [-0.1, -0.05) is 6.07 Å². The summed E-state index contributed by atoms with van der Waals surface area (Å²) < 4.78 is 24.5. The number of carbonyl (C=O) groups excluding carboxylic acids is 1. The van der Waals surface area contributed by atoms with Crippen LogP contribution in [0, 0.1) is 0 Å². The van der Waals surface area contributed by atoms with Crippen LogP contribution in [-0.4, -0.2) is 67.0 Å². The van der Waals surface area contributed by atoms with Gasteiger partial charge in [0.05, 0.1) is 11.8 Å². The van der Waals surface area contributed by atoms with Gasteiger partial charge < -0.3 is 10.0 Å². The molecule has 1 aromatic carbocycles. The van der Waals surface area contributed by atoms with Crippen LogP contribution in [0.25, 0.3) is 0 Å². The van der Waals surface area contributed by atoms with Crippen molar-refractivity contribution in [3.05, 3.63) is 35.4 Å². The molecule has 0 unspecified atom stereocenters. The van der Waals surface area contributed by atoms with Gasteiger partial charge in [-0.25, -0.2) is 17.5 Å². The molecule has 0 atom stereocenters. The summed E-state index contributed by atoms with van der Waals surface area (Å²) in [6, 6.07) is 5.82. The summed E-state index contributed by atoms with van der Waals surface area (Å²) in [7, 11) is -1.69. The summed E-state index contributed by atoms with van der Waals surface area (Å²) in [4.78, 5) is 25.1. The molecule has 1 saturated heterocycles. The third kappa shape index (κ3) is 4.08. The van der Waals surface area contributed by atoms with Gasteiger partial charge in [-0.3, -0.25) is 4.79 Å². The molecule has 126 valence electrons. The molecule has 0 bridgehead atoms. The fourth-order valence-electron chi connectivity index (χ4n) is 2.67. The van der Waals surface area contributed by atoms with E-state index >= 15 is 0 Å². The molecule has 7 nitrogen and oxygen atoms in total. The molecule has 1 N–H and O–H groups in total. The highest BCUT2D eigenvalue weighted by Crippen LogP contribution is 2.19. The molecule has 0 radical (unpaired) electrons. The highest BCUT2D eigenvalue weighted by molar-refractivity contribution is 7.88. The number of carbonyl (C=O) groups is 2. The fraction of sp³-hybridized carbons (Fsp3) is 0.467.